The van der Waals surface area contributed by atoms with Crippen molar-refractivity contribution in [2.45, 2.75) is 38.8 Å². The van der Waals surface area contributed by atoms with Crippen molar-refractivity contribution in [1.29, 1.82) is 0 Å². The van der Waals surface area contributed by atoms with Crippen LogP contribution >= 0.6 is 11.3 Å². The van der Waals surface area contributed by atoms with Crippen molar-refractivity contribution in [3.63, 3.8) is 0 Å². The highest BCUT2D eigenvalue weighted by Crippen LogP contribution is 2.16. The van der Waals surface area contributed by atoms with Crippen LogP contribution in [0.2, 0.25) is 0 Å². The molecule has 1 aromatic heterocycles. The van der Waals surface area contributed by atoms with Gasteiger partial charge < -0.3 is 19.7 Å². The molecule has 0 aliphatic carbocycles. The molecule has 0 bridgehead atoms. The minimum absolute atomic E-state index is 0.161. The Morgan fingerprint density at radius 3 is 2.65 bits per heavy atom. The van der Waals surface area contributed by atoms with Gasteiger partial charge in [-0.3, -0.25) is 4.79 Å². The Balaban J connectivity index is 2.04. The molecule has 2 heterocycles. The van der Waals surface area contributed by atoms with Crippen LogP contribution < -0.4 is 5.32 Å². The van der Waals surface area contributed by atoms with Gasteiger partial charge in [-0.1, -0.05) is 6.07 Å². The number of hydrogen-bond acceptors (Lipinski definition) is 5. The fourth-order valence-electron chi connectivity index (χ4n) is 2.24. The molecule has 1 aliphatic rings. The second-order valence-electron chi connectivity index (χ2n) is 6.49. The third kappa shape index (κ3) is 5.84. The Hall–Kier alpha value is -1.60. The molecule has 0 saturated carbocycles. The van der Waals surface area contributed by atoms with Crippen LogP contribution in [0.25, 0.3) is 0 Å². The Morgan fingerprint density at radius 2 is 2.09 bits per heavy atom. The molecule has 1 N–H and O–H groups in total. The van der Waals surface area contributed by atoms with E-state index >= 15 is 0 Å². The smallest absolute Gasteiger partial charge is 0.408 e. The first kappa shape index (κ1) is 17.7. The summed E-state index contributed by atoms with van der Waals surface area (Å²) >= 11 is 1.55. The summed E-state index contributed by atoms with van der Waals surface area (Å²) in [5.74, 6) is -0.161. The monoisotopic (exact) mass is 340 g/mol. The van der Waals surface area contributed by atoms with Crippen LogP contribution in [0.4, 0.5) is 4.79 Å². The molecule has 2 rings (SSSR count). The third-order valence-corrected chi connectivity index (χ3v) is 4.19. The van der Waals surface area contributed by atoms with Gasteiger partial charge in [0, 0.05) is 29.9 Å². The van der Waals surface area contributed by atoms with E-state index in [1.807, 2.05) is 38.3 Å². The zero-order valence-corrected chi connectivity index (χ0v) is 14.6. The van der Waals surface area contributed by atoms with Crippen molar-refractivity contribution in [2.75, 3.05) is 26.3 Å². The number of morpholine rings is 1. The maximum Gasteiger partial charge on any atom is 0.408 e. The molecule has 1 aromatic rings. The molecule has 1 atom stereocenters. The lowest BCUT2D eigenvalue weighted by Gasteiger charge is -2.30. The van der Waals surface area contributed by atoms with Crippen LogP contribution in [0.1, 0.15) is 25.6 Å². The predicted molar refractivity (Wildman–Crippen MR) is 88.6 cm³/mol. The lowest BCUT2D eigenvalue weighted by atomic mass is 10.1. The average molecular weight is 340 g/mol. The Kier molecular flexibility index (Phi) is 6.01. The molecule has 128 valence electrons. The first-order chi connectivity index (χ1) is 10.8. The molecule has 1 saturated heterocycles. The normalized spacial score (nSPS) is 16.7. The lowest BCUT2D eigenvalue weighted by molar-refractivity contribution is -0.144. The molecule has 0 radical (unpaired) electrons. The third-order valence-electron chi connectivity index (χ3n) is 3.29. The van der Waals surface area contributed by atoms with Gasteiger partial charge in [0.15, 0.2) is 6.10 Å². The number of thiophene rings is 1. The van der Waals surface area contributed by atoms with Gasteiger partial charge in [0.1, 0.15) is 0 Å². The Morgan fingerprint density at radius 1 is 1.39 bits per heavy atom. The van der Waals surface area contributed by atoms with E-state index in [4.69, 9.17) is 9.47 Å². The molecule has 1 aliphatic heterocycles. The number of carbonyl (C=O) groups excluding carboxylic acids is 2. The van der Waals surface area contributed by atoms with Crippen molar-refractivity contribution in [3.05, 3.63) is 22.4 Å². The van der Waals surface area contributed by atoms with E-state index in [9.17, 15) is 9.59 Å². The van der Waals surface area contributed by atoms with Crippen molar-refractivity contribution in [1.82, 2.24) is 10.2 Å². The summed E-state index contributed by atoms with van der Waals surface area (Å²) in [7, 11) is 0. The highest BCUT2D eigenvalue weighted by molar-refractivity contribution is 7.09. The fraction of sp³-hybridized carbons (Fsp3) is 0.625. The predicted octanol–water partition coefficient (Wildman–Crippen LogP) is 2.04. The van der Waals surface area contributed by atoms with Gasteiger partial charge in [-0.2, -0.15) is 0 Å². The zero-order valence-electron chi connectivity index (χ0n) is 13.8. The summed E-state index contributed by atoms with van der Waals surface area (Å²) in [6.45, 7) is 7.70. The van der Waals surface area contributed by atoms with Gasteiger partial charge in [0.25, 0.3) is 5.91 Å². The summed E-state index contributed by atoms with van der Waals surface area (Å²) in [4.78, 5) is 27.5. The minimum atomic E-state index is -0.811. The second-order valence-corrected chi connectivity index (χ2v) is 7.52. The Labute approximate surface area is 140 Å². The molecule has 1 fully saturated rings. The van der Waals surface area contributed by atoms with Crippen LogP contribution in [-0.2, 0) is 20.7 Å². The van der Waals surface area contributed by atoms with Crippen molar-refractivity contribution in [2.24, 2.45) is 0 Å². The Bertz CT molecular complexity index is 519. The molecular formula is C16H24N2O4S. The van der Waals surface area contributed by atoms with Crippen LogP contribution in [0, 0.1) is 0 Å². The highest BCUT2D eigenvalue weighted by Gasteiger charge is 2.30. The highest BCUT2D eigenvalue weighted by atomic mass is 32.1. The van der Waals surface area contributed by atoms with E-state index in [1.54, 1.807) is 16.2 Å². The maximum atomic E-state index is 12.7. The number of carbonyl (C=O) groups is 2. The zero-order chi connectivity index (χ0) is 16.9. The molecule has 0 aromatic carbocycles. The van der Waals surface area contributed by atoms with E-state index in [0.29, 0.717) is 32.7 Å². The summed E-state index contributed by atoms with van der Waals surface area (Å²) in [6.07, 6.45) is -0.986. The molecule has 2 amide bonds. The molecule has 0 unspecified atom stereocenters. The minimum Gasteiger partial charge on any atom is -0.436 e. The number of hydrogen-bond donors (Lipinski definition) is 1. The lowest BCUT2D eigenvalue weighted by Crippen LogP contribution is -2.49. The molecule has 6 nitrogen and oxygen atoms in total. The van der Waals surface area contributed by atoms with E-state index in [0.717, 1.165) is 4.88 Å². The van der Waals surface area contributed by atoms with Crippen molar-refractivity contribution < 1.29 is 19.1 Å². The quantitative estimate of drug-likeness (QED) is 0.911. The van der Waals surface area contributed by atoms with E-state index in [-0.39, 0.29) is 5.91 Å². The number of alkyl carbamates (subject to hydrolysis) is 1. The van der Waals surface area contributed by atoms with Crippen LogP contribution in [0.15, 0.2) is 17.5 Å². The van der Waals surface area contributed by atoms with E-state index < -0.39 is 17.7 Å². The van der Waals surface area contributed by atoms with E-state index in [1.165, 1.54) is 0 Å². The number of amides is 2. The van der Waals surface area contributed by atoms with Crippen molar-refractivity contribution >= 4 is 23.3 Å². The standard InChI is InChI=1S/C16H24N2O4S/c1-16(2,3)17-15(20)22-13(11-12-5-4-10-23-12)14(19)18-6-8-21-9-7-18/h4-5,10,13H,6-9,11H2,1-3H3,(H,17,20)/t13-/m0/s1. The molecular weight excluding hydrogens is 316 g/mol. The van der Waals surface area contributed by atoms with Gasteiger partial charge in [-0.25, -0.2) is 4.79 Å². The molecule has 0 spiro atoms. The van der Waals surface area contributed by atoms with E-state index in [2.05, 4.69) is 5.32 Å². The second kappa shape index (κ2) is 7.79. The molecule has 7 heteroatoms. The summed E-state index contributed by atoms with van der Waals surface area (Å²) < 4.78 is 10.7. The fourth-order valence-corrected chi connectivity index (χ4v) is 2.98. The summed E-state index contributed by atoms with van der Waals surface area (Å²) in [5, 5.41) is 4.68. The molecule has 23 heavy (non-hydrogen) atoms. The van der Waals surface area contributed by atoms with Gasteiger partial charge in [-0.05, 0) is 32.2 Å². The van der Waals surface area contributed by atoms with Crippen molar-refractivity contribution in [3.8, 4) is 0 Å². The number of ether oxygens (including phenoxy) is 2. The number of nitrogens with one attached hydrogen (secondary N) is 1. The first-order valence-electron chi connectivity index (χ1n) is 7.73. The van der Waals surface area contributed by atoms with Crippen LogP contribution in [0.5, 0.6) is 0 Å². The average Bonchev–Trinajstić information content (AvgIpc) is 2.98. The maximum absolute atomic E-state index is 12.7. The van der Waals surface area contributed by atoms with Crippen LogP contribution in [-0.4, -0.2) is 54.8 Å². The van der Waals surface area contributed by atoms with Gasteiger partial charge in [-0.15, -0.1) is 11.3 Å². The number of rotatable bonds is 4. The van der Waals surface area contributed by atoms with Gasteiger partial charge in [0.05, 0.1) is 13.2 Å². The first-order valence-corrected chi connectivity index (χ1v) is 8.61. The number of nitrogens with zero attached hydrogens (tertiary/aromatic N) is 1. The largest absolute Gasteiger partial charge is 0.436 e. The van der Waals surface area contributed by atoms with Gasteiger partial charge in [0.2, 0.25) is 0 Å². The topological polar surface area (TPSA) is 67.9 Å². The summed E-state index contributed by atoms with van der Waals surface area (Å²) in [6, 6.07) is 3.86. The van der Waals surface area contributed by atoms with Crippen LogP contribution in [0.3, 0.4) is 0 Å². The van der Waals surface area contributed by atoms with Gasteiger partial charge >= 0.3 is 6.09 Å². The SMILES string of the molecule is CC(C)(C)NC(=O)O[C@@H](Cc1cccs1)C(=O)N1CCOCC1. The summed E-state index contributed by atoms with van der Waals surface area (Å²) in [5.41, 5.74) is -0.410.